The fourth-order valence-electron chi connectivity index (χ4n) is 1.52. The highest BCUT2D eigenvalue weighted by molar-refractivity contribution is 7.09. The molecule has 1 N–H and O–H groups in total. The van der Waals surface area contributed by atoms with Gasteiger partial charge in [-0.2, -0.15) is 0 Å². The number of hydrogen-bond donors (Lipinski definition) is 1. The topological polar surface area (TPSA) is 45.2 Å². The van der Waals surface area contributed by atoms with Gasteiger partial charge < -0.3 is 10.2 Å². The van der Waals surface area contributed by atoms with Gasteiger partial charge in [-0.15, -0.1) is 11.3 Å². The first-order chi connectivity index (χ1) is 8.38. The average molecular weight is 269 g/mol. The predicted molar refractivity (Wildman–Crippen MR) is 76.0 cm³/mol. The SMILES string of the molecule is CCN(CC)C(=O)NCc1csc(C(C)(C)C)n1. The average Bonchev–Trinajstić information content (AvgIpc) is 2.76. The molecule has 0 radical (unpaired) electrons. The number of rotatable bonds is 4. The number of aromatic nitrogens is 1. The maximum absolute atomic E-state index is 11.8. The maximum atomic E-state index is 11.8. The Kier molecular flexibility index (Phi) is 5.14. The molecule has 0 aliphatic carbocycles. The van der Waals surface area contributed by atoms with Crippen LogP contribution in [0.3, 0.4) is 0 Å². The van der Waals surface area contributed by atoms with Crippen molar-refractivity contribution in [2.24, 2.45) is 0 Å². The van der Waals surface area contributed by atoms with Crippen LogP contribution in [-0.2, 0) is 12.0 Å². The van der Waals surface area contributed by atoms with E-state index in [-0.39, 0.29) is 11.4 Å². The van der Waals surface area contributed by atoms with Gasteiger partial charge in [-0.25, -0.2) is 9.78 Å². The molecule has 1 rings (SSSR count). The van der Waals surface area contributed by atoms with Gasteiger partial charge in [0.1, 0.15) is 0 Å². The van der Waals surface area contributed by atoms with Crippen molar-refractivity contribution >= 4 is 17.4 Å². The van der Waals surface area contributed by atoms with E-state index in [0.29, 0.717) is 6.54 Å². The van der Waals surface area contributed by atoms with Gasteiger partial charge in [0, 0.05) is 23.9 Å². The summed E-state index contributed by atoms with van der Waals surface area (Å²) in [6.07, 6.45) is 0. The van der Waals surface area contributed by atoms with Crippen LogP contribution in [0.1, 0.15) is 45.3 Å². The van der Waals surface area contributed by atoms with Crippen molar-refractivity contribution < 1.29 is 4.79 Å². The first kappa shape index (κ1) is 15.0. The molecule has 5 heteroatoms. The molecule has 0 saturated carbocycles. The highest BCUT2D eigenvalue weighted by Crippen LogP contribution is 2.25. The summed E-state index contributed by atoms with van der Waals surface area (Å²) < 4.78 is 0. The number of amides is 2. The summed E-state index contributed by atoms with van der Waals surface area (Å²) in [6, 6.07) is -0.0229. The second-order valence-corrected chi connectivity index (χ2v) is 6.08. The Morgan fingerprint density at radius 2 is 2.00 bits per heavy atom. The van der Waals surface area contributed by atoms with E-state index in [9.17, 15) is 4.79 Å². The smallest absolute Gasteiger partial charge is 0.317 e. The highest BCUT2D eigenvalue weighted by Gasteiger charge is 2.18. The van der Waals surface area contributed by atoms with Gasteiger partial charge in [0.25, 0.3) is 0 Å². The van der Waals surface area contributed by atoms with Gasteiger partial charge in [0.05, 0.1) is 17.2 Å². The summed E-state index contributed by atoms with van der Waals surface area (Å²) in [5.41, 5.74) is 1.01. The molecule has 0 spiro atoms. The van der Waals surface area contributed by atoms with Crippen LogP contribution in [0.5, 0.6) is 0 Å². The Morgan fingerprint density at radius 1 is 1.39 bits per heavy atom. The summed E-state index contributed by atoms with van der Waals surface area (Å²) in [5.74, 6) is 0. The van der Waals surface area contributed by atoms with Gasteiger partial charge in [-0.05, 0) is 13.8 Å². The third-order valence-electron chi connectivity index (χ3n) is 2.66. The molecule has 102 valence electrons. The van der Waals surface area contributed by atoms with Crippen LogP contribution in [0.4, 0.5) is 4.79 Å². The lowest BCUT2D eigenvalue weighted by atomic mass is 9.98. The second kappa shape index (κ2) is 6.18. The zero-order valence-corrected chi connectivity index (χ0v) is 12.7. The molecule has 0 aromatic carbocycles. The van der Waals surface area contributed by atoms with Gasteiger partial charge in [-0.1, -0.05) is 20.8 Å². The van der Waals surface area contributed by atoms with Crippen LogP contribution in [0.15, 0.2) is 5.38 Å². The molecular formula is C13H23N3OS. The molecule has 1 aromatic rings. The number of hydrogen-bond acceptors (Lipinski definition) is 3. The van der Waals surface area contributed by atoms with Crippen LogP contribution >= 0.6 is 11.3 Å². The first-order valence-electron chi connectivity index (χ1n) is 6.36. The van der Waals surface area contributed by atoms with E-state index in [4.69, 9.17) is 0 Å². The minimum Gasteiger partial charge on any atom is -0.332 e. The molecular weight excluding hydrogens is 246 g/mol. The van der Waals surface area contributed by atoms with Crippen molar-refractivity contribution in [3.8, 4) is 0 Å². The van der Waals surface area contributed by atoms with Crippen LogP contribution in [0, 0.1) is 0 Å². The Bertz CT molecular complexity index is 391. The van der Waals surface area contributed by atoms with Gasteiger partial charge in [-0.3, -0.25) is 0 Å². The van der Waals surface area contributed by atoms with Crippen molar-refractivity contribution in [3.05, 3.63) is 16.1 Å². The summed E-state index contributed by atoms with van der Waals surface area (Å²) >= 11 is 1.65. The van der Waals surface area contributed by atoms with E-state index >= 15 is 0 Å². The lowest BCUT2D eigenvalue weighted by Gasteiger charge is -2.18. The van der Waals surface area contributed by atoms with E-state index in [1.807, 2.05) is 19.2 Å². The zero-order valence-electron chi connectivity index (χ0n) is 11.9. The molecule has 0 aliphatic rings. The lowest BCUT2D eigenvalue weighted by Crippen LogP contribution is -2.39. The first-order valence-corrected chi connectivity index (χ1v) is 7.24. The minimum atomic E-state index is -0.0229. The molecule has 0 bridgehead atoms. The van der Waals surface area contributed by atoms with Crippen molar-refractivity contribution in [3.63, 3.8) is 0 Å². The molecule has 4 nitrogen and oxygen atoms in total. The van der Waals surface area contributed by atoms with E-state index in [2.05, 4.69) is 31.1 Å². The summed E-state index contributed by atoms with van der Waals surface area (Å²) in [7, 11) is 0. The Balaban J connectivity index is 2.54. The van der Waals surface area contributed by atoms with Crippen LogP contribution in [0.25, 0.3) is 0 Å². The summed E-state index contributed by atoms with van der Waals surface area (Å²) in [4.78, 5) is 18.1. The Morgan fingerprint density at radius 3 is 2.44 bits per heavy atom. The lowest BCUT2D eigenvalue weighted by molar-refractivity contribution is 0.202. The molecule has 0 atom stereocenters. The second-order valence-electron chi connectivity index (χ2n) is 5.22. The predicted octanol–water partition coefficient (Wildman–Crippen LogP) is 2.99. The molecule has 0 aliphatic heterocycles. The molecule has 0 fully saturated rings. The number of nitrogens with zero attached hydrogens (tertiary/aromatic N) is 2. The summed E-state index contributed by atoms with van der Waals surface area (Å²) in [5, 5.41) is 6.02. The number of carbonyl (C=O) groups is 1. The van der Waals surface area contributed by atoms with Crippen molar-refractivity contribution in [2.75, 3.05) is 13.1 Å². The molecule has 1 heterocycles. The molecule has 0 saturated heterocycles. The quantitative estimate of drug-likeness (QED) is 0.913. The van der Waals surface area contributed by atoms with Crippen molar-refractivity contribution in [1.29, 1.82) is 0 Å². The monoisotopic (exact) mass is 269 g/mol. The van der Waals surface area contributed by atoms with Gasteiger partial charge in [0.2, 0.25) is 0 Å². The Labute approximate surface area is 113 Å². The molecule has 2 amide bonds. The highest BCUT2D eigenvalue weighted by atomic mass is 32.1. The maximum Gasteiger partial charge on any atom is 0.317 e. The van der Waals surface area contributed by atoms with Crippen molar-refractivity contribution in [1.82, 2.24) is 15.2 Å². The van der Waals surface area contributed by atoms with E-state index in [1.165, 1.54) is 0 Å². The number of nitrogens with one attached hydrogen (secondary N) is 1. The number of urea groups is 1. The largest absolute Gasteiger partial charge is 0.332 e. The Hall–Kier alpha value is -1.10. The number of thiazole rings is 1. The fourth-order valence-corrected chi connectivity index (χ4v) is 2.43. The third-order valence-corrected chi connectivity index (χ3v) is 3.98. The summed E-state index contributed by atoms with van der Waals surface area (Å²) in [6.45, 7) is 12.3. The van der Waals surface area contributed by atoms with E-state index in [1.54, 1.807) is 16.2 Å². The fraction of sp³-hybridized carbons (Fsp3) is 0.692. The third kappa shape index (κ3) is 3.98. The number of carbonyl (C=O) groups excluding carboxylic acids is 1. The minimum absolute atomic E-state index is 0.0229. The van der Waals surface area contributed by atoms with Crippen molar-refractivity contribution in [2.45, 2.75) is 46.6 Å². The van der Waals surface area contributed by atoms with Crippen LogP contribution in [-0.4, -0.2) is 29.0 Å². The standard InChI is InChI=1S/C13H23N3OS/c1-6-16(7-2)12(17)14-8-10-9-18-11(15-10)13(3,4)5/h9H,6-8H2,1-5H3,(H,14,17). The van der Waals surface area contributed by atoms with Crippen LogP contribution < -0.4 is 5.32 Å². The van der Waals surface area contributed by atoms with Gasteiger partial charge >= 0.3 is 6.03 Å². The molecule has 18 heavy (non-hydrogen) atoms. The van der Waals surface area contributed by atoms with E-state index < -0.39 is 0 Å². The molecule has 1 aromatic heterocycles. The zero-order chi connectivity index (χ0) is 13.8. The van der Waals surface area contributed by atoms with Crippen LogP contribution in [0.2, 0.25) is 0 Å². The van der Waals surface area contributed by atoms with E-state index in [0.717, 1.165) is 23.8 Å². The molecule has 0 unspecified atom stereocenters. The van der Waals surface area contributed by atoms with Gasteiger partial charge in [0.15, 0.2) is 0 Å². The normalized spacial score (nSPS) is 11.4.